The average Bonchev–Trinajstić information content (AvgIpc) is 3.09. The number of sulfonamides is 1. The number of nitrogens with zero attached hydrogens (tertiary/aromatic N) is 1. The molecule has 0 bridgehead atoms. The van der Waals surface area contributed by atoms with Gasteiger partial charge in [0.05, 0.1) is 9.82 Å². The summed E-state index contributed by atoms with van der Waals surface area (Å²) in [5, 5.41) is 19.9. The van der Waals surface area contributed by atoms with Crippen LogP contribution in [-0.4, -0.2) is 24.6 Å². The SMILES string of the molecule is NS(=O)(=O)c1ccc(NC2(CSc3ccccc3)CCCC2)c([N+](=O)[O-])c1. The molecule has 2 aromatic rings. The monoisotopic (exact) mass is 407 g/mol. The molecule has 0 radical (unpaired) electrons. The first kappa shape index (κ1) is 19.7. The summed E-state index contributed by atoms with van der Waals surface area (Å²) in [6, 6.07) is 13.8. The summed E-state index contributed by atoms with van der Waals surface area (Å²) in [6.45, 7) is 0. The zero-order valence-corrected chi connectivity index (χ0v) is 16.3. The van der Waals surface area contributed by atoms with Gasteiger partial charge in [0, 0.05) is 22.3 Å². The lowest BCUT2D eigenvalue weighted by molar-refractivity contribution is -0.384. The standard InChI is InChI=1S/C18H21N3O4S2/c19-27(24,25)15-8-9-16(17(12-15)21(22)23)20-18(10-4-5-11-18)13-26-14-6-2-1-3-7-14/h1-3,6-9,12,20H,4-5,10-11,13H2,(H2,19,24,25). The van der Waals surface area contributed by atoms with Crippen LogP contribution in [0.25, 0.3) is 0 Å². The highest BCUT2D eigenvalue weighted by molar-refractivity contribution is 7.99. The molecule has 0 aliphatic heterocycles. The van der Waals surface area contributed by atoms with Crippen molar-refractivity contribution in [2.75, 3.05) is 11.1 Å². The van der Waals surface area contributed by atoms with Gasteiger partial charge in [-0.1, -0.05) is 31.0 Å². The van der Waals surface area contributed by atoms with Gasteiger partial charge in [-0.25, -0.2) is 13.6 Å². The third-order valence-electron chi connectivity index (χ3n) is 4.71. The van der Waals surface area contributed by atoms with E-state index >= 15 is 0 Å². The Labute approximate surface area is 162 Å². The molecular weight excluding hydrogens is 386 g/mol. The maximum absolute atomic E-state index is 11.5. The molecule has 9 heteroatoms. The number of hydrogen-bond donors (Lipinski definition) is 2. The molecule has 1 fully saturated rings. The number of nitrogens with two attached hydrogens (primary N) is 1. The number of nitro benzene ring substituents is 1. The number of hydrogen-bond acceptors (Lipinski definition) is 6. The van der Waals surface area contributed by atoms with Crippen LogP contribution in [0.2, 0.25) is 0 Å². The molecule has 0 atom stereocenters. The molecule has 1 aliphatic rings. The Morgan fingerprint density at radius 3 is 2.41 bits per heavy atom. The number of nitrogens with one attached hydrogen (secondary N) is 1. The minimum absolute atomic E-state index is 0.265. The van der Waals surface area contributed by atoms with Gasteiger partial charge in [0.25, 0.3) is 5.69 Å². The number of primary sulfonamides is 1. The second-order valence-corrected chi connectivity index (χ2v) is 9.31. The molecular formula is C18H21N3O4S2. The van der Waals surface area contributed by atoms with E-state index in [4.69, 9.17) is 5.14 Å². The van der Waals surface area contributed by atoms with Crippen LogP contribution in [0.3, 0.4) is 0 Å². The molecule has 3 N–H and O–H groups in total. The molecule has 1 saturated carbocycles. The summed E-state index contributed by atoms with van der Waals surface area (Å²) in [5.41, 5.74) is -0.227. The summed E-state index contributed by atoms with van der Waals surface area (Å²) in [7, 11) is -4.00. The minimum atomic E-state index is -4.00. The van der Waals surface area contributed by atoms with Gasteiger partial charge < -0.3 is 5.32 Å². The molecule has 0 heterocycles. The van der Waals surface area contributed by atoms with E-state index in [-0.39, 0.29) is 16.1 Å². The first-order chi connectivity index (χ1) is 12.8. The Morgan fingerprint density at radius 2 is 1.81 bits per heavy atom. The zero-order chi connectivity index (χ0) is 19.5. The maximum Gasteiger partial charge on any atom is 0.293 e. The van der Waals surface area contributed by atoms with Crippen molar-refractivity contribution in [1.29, 1.82) is 0 Å². The van der Waals surface area contributed by atoms with Crippen LogP contribution in [-0.2, 0) is 10.0 Å². The molecule has 0 spiro atoms. The lowest BCUT2D eigenvalue weighted by Crippen LogP contribution is -2.38. The van der Waals surface area contributed by atoms with Gasteiger partial charge in [-0.3, -0.25) is 10.1 Å². The molecule has 0 unspecified atom stereocenters. The maximum atomic E-state index is 11.5. The fourth-order valence-electron chi connectivity index (χ4n) is 3.33. The van der Waals surface area contributed by atoms with Gasteiger partial charge in [0.15, 0.2) is 0 Å². The summed E-state index contributed by atoms with van der Waals surface area (Å²) in [5.74, 6) is 0.769. The second kappa shape index (κ2) is 7.87. The van der Waals surface area contributed by atoms with Gasteiger partial charge in [-0.15, -0.1) is 11.8 Å². The summed E-state index contributed by atoms with van der Waals surface area (Å²) >= 11 is 1.71. The highest BCUT2D eigenvalue weighted by Crippen LogP contribution is 2.40. The third kappa shape index (κ3) is 4.79. The zero-order valence-electron chi connectivity index (χ0n) is 14.6. The fourth-order valence-corrected chi connectivity index (χ4v) is 5.01. The first-order valence-corrected chi connectivity index (χ1v) is 11.1. The van der Waals surface area contributed by atoms with Gasteiger partial charge in [0.1, 0.15) is 5.69 Å². The van der Waals surface area contributed by atoms with Crippen molar-refractivity contribution in [1.82, 2.24) is 0 Å². The number of rotatable bonds is 7. The van der Waals surface area contributed by atoms with E-state index in [1.54, 1.807) is 11.8 Å². The van der Waals surface area contributed by atoms with Gasteiger partial charge in [-0.2, -0.15) is 0 Å². The number of thioether (sulfide) groups is 1. The Hall–Kier alpha value is -2.10. The molecule has 3 rings (SSSR count). The summed E-state index contributed by atoms with van der Waals surface area (Å²) in [6.07, 6.45) is 3.90. The molecule has 0 saturated heterocycles. The molecule has 0 aromatic heterocycles. The van der Waals surface area contributed by atoms with Crippen LogP contribution < -0.4 is 10.5 Å². The van der Waals surface area contributed by atoms with E-state index in [9.17, 15) is 18.5 Å². The van der Waals surface area contributed by atoms with E-state index in [1.807, 2.05) is 30.3 Å². The summed E-state index contributed by atoms with van der Waals surface area (Å²) < 4.78 is 23.0. The van der Waals surface area contributed by atoms with Crippen molar-refractivity contribution in [3.05, 3.63) is 58.6 Å². The minimum Gasteiger partial charge on any atom is -0.373 e. The van der Waals surface area contributed by atoms with Crippen molar-refractivity contribution in [2.45, 2.75) is 41.0 Å². The Kier molecular flexibility index (Phi) is 5.73. The molecule has 27 heavy (non-hydrogen) atoms. The quantitative estimate of drug-likeness (QED) is 0.410. The van der Waals surface area contributed by atoms with Gasteiger partial charge in [0.2, 0.25) is 10.0 Å². The molecule has 1 aliphatic carbocycles. The smallest absolute Gasteiger partial charge is 0.293 e. The number of benzene rings is 2. The molecule has 7 nitrogen and oxygen atoms in total. The largest absolute Gasteiger partial charge is 0.373 e. The third-order valence-corrected chi connectivity index (χ3v) is 6.93. The lowest BCUT2D eigenvalue weighted by atomic mass is 9.99. The van der Waals surface area contributed by atoms with Crippen molar-refractivity contribution in [2.24, 2.45) is 5.14 Å². The van der Waals surface area contributed by atoms with Crippen molar-refractivity contribution in [3.8, 4) is 0 Å². The van der Waals surface area contributed by atoms with E-state index in [0.717, 1.165) is 42.4 Å². The fraction of sp³-hybridized carbons (Fsp3) is 0.333. The molecule has 0 amide bonds. The van der Waals surface area contributed by atoms with Crippen LogP contribution in [0, 0.1) is 10.1 Å². The van der Waals surface area contributed by atoms with Crippen molar-refractivity contribution >= 4 is 33.2 Å². The lowest BCUT2D eigenvalue weighted by Gasteiger charge is -2.31. The van der Waals surface area contributed by atoms with Crippen LogP contribution in [0.15, 0.2) is 58.3 Å². The Morgan fingerprint density at radius 1 is 1.15 bits per heavy atom. The van der Waals surface area contributed by atoms with Crippen LogP contribution in [0.4, 0.5) is 11.4 Å². The van der Waals surface area contributed by atoms with Crippen LogP contribution in [0.5, 0.6) is 0 Å². The predicted molar refractivity (Wildman–Crippen MR) is 106 cm³/mol. The molecule has 2 aromatic carbocycles. The highest BCUT2D eigenvalue weighted by atomic mass is 32.2. The van der Waals surface area contributed by atoms with Crippen LogP contribution >= 0.6 is 11.8 Å². The second-order valence-electron chi connectivity index (χ2n) is 6.70. The van der Waals surface area contributed by atoms with E-state index in [2.05, 4.69) is 5.32 Å². The van der Waals surface area contributed by atoms with E-state index in [0.29, 0.717) is 5.69 Å². The van der Waals surface area contributed by atoms with Gasteiger partial charge in [-0.05, 0) is 37.1 Å². The van der Waals surface area contributed by atoms with Gasteiger partial charge >= 0.3 is 0 Å². The Bertz CT molecular complexity index is 927. The van der Waals surface area contributed by atoms with E-state index in [1.165, 1.54) is 12.1 Å². The summed E-state index contributed by atoms with van der Waals surface area (Å²) in [4.78, 5) is 11.8. The topological polar surface area (TPSA) is 115 Å². The molecule has 144 valence electrons. The number of nitro groups is 1. The highest BCUT2D eigenvalue weighted by Gasteiger charge is 2.35. The Balaban J connectivity index is 1.87. The van der Waals surface area contributed by atoms with Crippen molar-refractivity contribution in [3.63, 3.8) is 0 Å². The van der Waals surface area contributed by atoms with E-state index < -0.39 is 14.9 Å². The number of anilines is 1. The predicted octanol–water partition coefficient (Wildman–Crippen LogP) is 3.76. The van der Waals surface area contributed by atoms with Crippen molar-refractivity contribution < 1.29 is 13.3 Å². The average molecular weight is 408 g/mol. The normalized spacial score (nSPS) is 16.2. The first-order valence-electron chi connectivity index (χ1n) is 8.56. The van der Waals surface area contributed by atoms with Crippen LogP contribution in [0.1, 0.15) is 25.7 Å².